The van der Waals surface area contributed by atoms with Crippen LogP contribution in [0.3, 0.4) is 0 Å². The minimum absolute atomic E-state index is 0.00997. The molecule has 39 heavy (non-hydrogen) atoms. The van der Waals surface area contributed by atoms with E-state index in [4.69, 9.17) is 4.74 Å². The van der Waals surface area contributed by atoms with Crippen molar-refractivity contribution in [3.63, 3.8) is 0 Å². The first-order valence-electron chi connectivity index (χ1n) is 13.1. The lowest BCUT2D eigenvalue weighted by Crippen LogP contribution is -2.57. The Balaban J connectivity index is 1.61. The Bertz CT molecular complexity index is 1200. The van der Waals surface area contributed by atoms with Crippen LogP contribution in [0, 0.1) is 11.7 Å². The first kappa shape index (κ1) is 27.9. The number of carboxylic acid groups (broad SMARTS) is 1. The second-order valence-electron chi connectivity index (χ2n) is 9.85. The summed E-state index contributed by atoms with van der Waals surface area (Å²) in [6, 6.07) is 10.4. The number of carbonyl (C=O) groups excluding carboxylic acids is 3. The van der Waals surface area contributed by atoms with Crippen LogP contribution in [0.25, 0.3) is 0 Å². The predicted molar refractivity (Wildman–Crippen MR) is 141 cm³/mol. The van der Waals surface area contributed by atoms with Crippen LogP contribution in [0.1, 0.15) is 48.9 Å². The molecular weight excluding hydrogens is 507 g/mol. The third kappa shape index (κ3) is 6.84. The lowest BCUT2D eigenvalue weighted by molar-refractivity contribution is -0.138. The van der Waals surface area contributed by atoms with E-state index in [1.165, 1.54) is 41.2 Å². The van der Waals surface area contributed by atoms with E-state index in [0.717, 1.165) is 32.1 Å². The average Bonchev–Trinajstić information content (AvgIpc) is 3.39. The van der Waals surface area contributed by atoms with Gasteiger partial charge in [-0.25, -0.2) is 9.18 Å². The van der Waals surface area contributed by atoms with E-state index in [-0.39, 0.29) is 31.0 Å². The van der Waals surface area contributed by atoms with Gasteiger partial charge in [-0.05, 0) is 61.2 Å². The minimum atomic E-state index is -1.32. The molecule has 1 aliphatic carbocycles. The molecule has 1 saturated carbocycles. The number of carboxylic acids is 1. The van der Waals surface area contributed by atoms with E-state index in [1.54, 1.807) is 24.3 Å². The second-order valence-corrected chi connectivity index (χ2v) is 9.85. The van der Waals surface area contributed by atoms with Crippen LogP contribution in [0.5, 0.6) is 5.75 Å². The predicted octanol–water partition coefficient (Wildman–Crippen LogP) is 3.69. The van der Waals surface area contributed by atoms with Crippen molar-refractivity contribution in [2.24, 2.45) is 5.92 Å². The average molecular weight is 541 g/mol. The number of amides is 4. The van der Waals surface area contributed by atoms with Crippen molar-refractivity contribution in [1.82, 2.24) is 15.1 Å². The number of aliphatic carboxylic acids is 1. The third-order valence-corrected chi connectivity index (χ3v) is 7.28. The summed E-state index contributed by atoms with van der Waals surface area (Å²) < 4.78 is 18.6. The van der Waals surface area contributed by atoms with Crippen molar-refractivity contribution >= 4 is 29.5 Å². The van der Waals surface area contributed by atoms with Gasteiger partial charge in [-0.3, -0.25) is 19.3 Å². The van der Waals surface area contributed by atoms with E-state index in [9.17, 15) is 28.7 Å². The first-order valence-corrected chi connectivity index (χ1v) is 13.1. The van der Waals surface area contributed by atoms with Crippen LogP contribution >= 0.6 is 0 Å². The van der Waals surface area contributed by atoms with Gasteiger partial charge in [0.05, 0.1) is 13.5 Å². The number of nitrogens with zero attached hydrogens (tertiary/aromatic N) is 2. The highest BCUT2D eigenvalue weighted by Crippen LogP contribution is 2.29. The largest absolute Gasteiger partial charge is 0.497 e. The lowest BCUT2D eigenvalue weighted by Gasteiger charge is -2.34. The van der Waals surface area contributed by atoms with Gasteiger partial charge in [-0.2, -0.15) is 0 Å². The van der Waals surface area contributed by atoms with E-state index in [1.807, 2.05) is 0 Å². The van der Waals surface area contributed by atoms with Crippen LogP contribution in [0.15, 0.2) is 48.5 Å². The summed E-state index contributed by atoms with van der Waals surface area (Å²) >= 11 is 0. The Labute approximate surface area is 226 Å². The number of benzene rings is 2. The molecule has 1 aliphatic heterocycles. The van der Waals surface area contributed by atoms with Gasteiger partial charge in [0.2, 0.25) is 0 Å². The van der Waals surface area contributed by atoms with Crippen LogP contribution < -0.4 is 15.4 Å². The first-order chi connectivity index (χ1) is 18.8. The number of hydrogen-bond donors (Lipinski definition) is 3. The maximum atomic E-state index is 13.8. The fourth-order valence-electron chi connectivity index (χ4n) is 5.30. The van der Waals surface area contributed by atoms with Gasteiger partial charge in [0, 0.05) is 30.4 Å². The maximum Gasteiger partial charge on any atom is 0.323 e. The molecule has 10 nitrogen and oxygen atoms in total. The molecule has 11 heteroatoms. The molecule has 3 N–H and O–H groups in total. The van der Waals surface area contributed by atoms with Crippen LogP contribution in [0.2, 0.25) is 0 Å². The molecule has 4 rings (SSSR count). The topological polar surface area (TPSA) is 128 Å². The van der Waals surface area contributed by atoms with Gasteiger partial charge in [0.1, 0.15) is 11.6 Å². The van der Waals surface area contributed by atoms with Crippen molar-refractivity contribution in [2.45, 2.75) is 50.7 Å². The zero-order chi connectivity index (χ0) is 27.9. The van der Waals surface area contributed by atoms with Gasteiger partial charge in [-0.15, -0.1) is 0 Å². The van der Waals surface area contributed by atoms with E-state index in [0.29, 0.717) is 11.4 Å². The number of ether oxygens (including phenoxy) is 1. The van der Waals surface area contributed by atoms with E-state index < -0.39 is 41.8 Å². The van der Waals surface area contributed by atoms with Crippen LogP contribution in [0.4, 0.5) is 14.9 Å². The molecule has 0 radical (unpaired) electrons. The van der Waals surface area contributed by atoms with Crippen molar-refractivity contribution in [1.29, 1.82) is 0 Å². The number of methoxy groups -OCH3 is 1. The number of urea groups is 1. The molecule has 1 heterocycles. The van der Waals surface area contributed by atoms with Crippen molar-refractivity contribution in [3.05, 3.63) is 59.9 Å². The van der Waals surface area contributed by atoms with Crippen molar-refractivity contribution < 1.29 is 33.4 Å². The molecule has 0 aromatic heterocycles. The molecule has 208 valence electrons. The van der Waals surface area contributed by atoms with Gasteiger partial charge < -0.3 is 25.4 Å². The smallest absolute Gasteiger partial charge is 0.323 e. The summed E-state index contributed by atoms with van der Waals surface area (Å²) in [5, 5.41) is 15.0. The Morgan fingerprint density at radius 2 is 1.72 bits per heavy atom. The highest BCUT2D eigenvalue weighted by Gasteiger charge is 2.44. The zero-order valence-corrected chi connectivity index (χ0v) is 21.8. The molecular formula is C28H33FN4O6. The SMILES string of the molecule is COc1cccc(C(=O)N2CCN(C(=O)Nc3ccc(F)cc3)C2C(=O)NC(CC(=O)O)C2CCCCC2)c1. The summed E-state index contributed by atoms with van der Waals surface area (Å²) in [4.78, 5) is 54.8. The Kier molecular flexibility index (Phi) is 9.00. The molecule has 0 spiro atoms. The zero-order valence-electron chi connectivity index (χ0n) is 21.8. The van der Waals surface area contributed by atoms with Gasteiger partial charge in [-0.1, -0.05) is 25.3 Å². The summed E-state index contributed by atoms with van der Waals surface area (Å²) in [6.45, 7) is 0.145. The summed E-state index contributed by atoms with van der Waals surface area (Å²) in [5.74, 6) is -2.15. The lowest BCUT2D eigenvalue weighted by atomic mass is 9.82. The van der Waals surface area contributed by atoms with E-state index in [2.05, 4.69) is 10.6 Å². The monoisotopic (exact) mass is 540 g/mol. The Morgan fingerprint density at radius 3 is 2.38 bits per heavy atom. The number of halogens is 1. The summed E-state index contributed by atoms with van der Waals surface area (Å²) in [5.41, 5.74) is 0.603. The molecule has 0 bridgehead atoms. The molecule has 4 amide bonds. The Hall–Kier alpha value is -4.15. The summed E-state index contributed by atoms with van der Waals surface area (Å²) in [7, 11) is 1.48. The van der Waals surface area contributed by atoms with Gasteiger partial charge in [0.25, 0.3) is 11.8 Å². The third-order valence-electron chi connectivity index (χ3n) is 7.28. The fourth-order valence-corrected chi connectivity index (χ4v) is 5.30. The number of anilines is 1. The molecule has 2 aromatic rings. The second kappa shape index (κ2) is 12.6. The van der Waals surface area contributed by atoms with E-state index >= 15 is 0 Å². The number of nitrogens with one attached hydrogen (secondary N) is 2. The Morgan fingerprint density at radius 1 is 1.03 bits per heavy atom. The minimum Gasteiger partial charge on any atom is -0.497 e. The molecule has 2 unspecified atom stereocenters. The van der Waals surface area contributed by atoms with Crippen molar-refractivity contribution in [2.75, 3.05) is 25.5 Å². The maximum absolute atomic E-state index is 13.8. The van der Waals surface area contributed by atoms with Crippen LogP contribution in [-0.2, 0) is 9.59 Å². The number of rotatable bonds is 8. The normalized spacial score (nSPS) is 18.4. The van der Waals surface area contributed by atoms with Gasteiger partial charge in [0.15, 0.2) is 6.17 Å². The number of carbonyl (C=O) groups is 4. The fraction of sp³-hybridized carbons (Fsp3) is 0.429. The number of hydrogen-bond acceptors (Lipinski definition) is 5. The molecule has 2 aromatic carbocycles. The standard InChI is InChI=1S/C28H33FN4O6/c1-39-22-9-5-8-19(16-22)27(37)32-14-15-33(28(38)30-21-12-10-20(29)11-13-21)26(32)25(36)31-23(17-24(34)35)18-6-3-2-4-7-18/h5,8-13,16,18,23,26H,2-4,6-7,14-15,17H2,1H3,(H,30,38)(H,31,36)(H,34,35). The van der Waals surface area contributed by atoms with Crippen molar-refractivity contribution in [3.8, 4) is 5.75 Å². The molecule has 2 atom stereocenters. The quantitative estimate of drug-likeness (QED) is 0.469. The molecule has 2 fully saturated rings. The molecule has 2 aliphatic rings. The highest BCUT2D eigenvalue weighted by molar-refractivity contribution is 6.01. The summed E-state index contributed by atoms with van der Waals surface area (Å²) in [6.07, 6.45) is 2.99. The molecule has 1 saturated heterocycles. The van der Waals surface area contributed by atoms with Crippen LogP contribution in [-0.4, -0.2) is 71.1 Å². The highest BCUT2D eigenvalue weighted by atomic mass is 19.1. The van der Waals surface area contributed by atoms with Gasteiger partial charge >= 0.3 is 12.0 Å².